The molecule has 1 aliphatic rings. The van der Waals surface area contributed by atoms with Gasteiger partial charge in [0.25, 0.3) is 5.91 Å². The Morgan fingerprint density at radius 2 is 2.07 bits per heavy atom. The number of thioether (sulfide) groups is 1. The summed E-state index contributed by atoms with van der Waals surface area (Å²) in [7, 11) is 3.11. The minimum Gasteiger partial charge on any atom is -0.465 e. The quantitative estimate of drug-likeness (QED) is 0.526. The number of nitrogens with one attached hydrogen (secondary N) is 1. The molecule has 2 aromatic heterocycles. The molecule has 1 saturated carbocycles. The van der Waals surface area contributed by atoms with Crippen molar-refractivity contribution < 1.29 is 19.1 Å². The number of amides is 2. The zero-order valence-electron chi connectivity index (χ0n) is 15.1. The van der Waals surface area contributed by atoms with Crippen LogP contribution in [-0.2, 0) is 16.6 Å². The highest BCUT2D eigenvalue weighted by atomic mass is 32.2. The van der Waals surface area contributed by atoms with E-state index in [2.05, 4.69) is 15.5 Å². The molecule has 1 aliphatic carbocycles. The Balaban J connectivity index is 1.71. The lowest BCUT2D eigenvalue weighted by molar-refractivity contribution is -0.113. The molecule has 0 saturated heterocycles. The summed E-state index contributed by atoms with van der Waals surface area (Å²) in [5.41, 5.74) is 5.87. The van der Waals surface area contributed by atoms with Crippen molar-refractivity contribution in [2.75, 3.05) is 18.2 Å². The third-order valence-corrected chi connectivity index (χ3v) is 6.40. The van der Waals surface area contributed by atoms with Crippen LogP contribution in [0.3, 0.4) is 0 Å². The molecule has 0 atom stereocenters. The molecule has 27 heavy (non-hydrogen) atoms. The number of hydrogen-bond donors (Lipinski definition) is 2. The third-order valence-electron chi connectivity index (χ3n) is 4.16. The van der Waals surface area contributed by atoms with Gasteiger partial charge in [-0.3, -0.25) is 9.59 Å². The van der Waals surface area contributed by atoms with E-state index in [1.54, 1.807) is 6.92 Å². The molecule has 3 N–H and O–H groups in total. The minimum absolute atomic E-state index is 0.0834. The Kier molecular flexibility index (Phi) is 5.51. The first-order valence-electron chi connectivity index (χ1n) is 8.16. The number of anilines is 1. The second-order valence-electron chi connectivity index (χ2n) is 6.13. The number of rotatable bonds is 7. The van der Waals surface area contributed by atoms with E-state index in [4.69, 9.17) is 10.5 Å². The Labute approximate surface area is 163 Å². The molecule has 11 heteroatoms. The molecular formula is C16H19N5O4S2. The van der Waals surface area contributed by atoms with Crippen LogP contribution in [0.1, 0.15) is 50.2 Å². The largest absolute Gasteiger partial charge is 0.465 e. The van der Waals surface area contributed by atoms with Gasteiger partial charge in [0.2, 0.25) is 5.91 Å². The van der Waals surface area contributed by atoms with Crippen molar-refractivity contribution >= 4 is 45.9 Å². The van der Waals surface area contributed by atoms with Crippen molar-refractivity contribution in [1.29, 1.82) is 0 Å². The van der Waals surface area contributed by atoms with Gasteiger partial charge in [-0.2, -0.15) is 0 Å². The highest BCUT2D eigenvalue weighted by molar-refractivity contribution is 7.99. The van der Waals surface area contributed by atoms with Crippen LogP contribution < -0.4 is 11.1 Å². The molecule has 0 unspecified atom stereocenters. The van der Waals surface area contributed by atoms with Crippen LogP contribution in [0.15, 0.2) is 5.16 Å². The molecule has 0 bridgehead atoms. The van der Waals surface area contributed by atoms with Gasteiger partial charge in [-0.15, -0.1) is 21.5 Å². The number of primary amides is 1. The summed E-state index contributed by atoms with van der Waals surface area (Å²) in [6.07, 6.45) is 2.24. The standard InChI is InChI=1S/C16H19N5O4S2/c1-7-10(15(24)25-3)14(27-11(7)12(17)23)18-9(22)6-26-16-20-19-13(21(16)2)8-4-5-8/h8H,4-6H2,1-3H3,(H2,17,23)(H,18,22). The maximum atomic E-state index is 12.4. The fourth-order valence-corrected chi connectivity index (χ4v) is 4.41. The fraction of sp³-hybridized carbons (Fsp3) is 0.438. The van der Waals surface area contributed by atoms with Crippen molar-refractivity contribution in [2.24, 2.45) is 12.8 Å². The van der Waals surface area contributed by atoms with Gasteiger partial charge >= 0.3 is 5.97 Å². The first kappa shape index (κ1) is 19.4. The summed E-state index contributed by atoms with van der Waals surface area (Å²) in [5, 5.41) is 11.9. The number of aromatic nitrogens is 3. The summed E-state index contributed by atoms with van der Waals surface area (Å²) >= 11 is 2.21. The Bertz CT molecular complexity index is 916. The van der Waals surface area contributed by atoms with Crippen molar-refractivity contribution in [1.82, 2.24) is 14.8 Å². The molecule has 2 amide bonds. The van der Waals surface area contributed by atoms with Gasteiger partial charge in [0.15, 0.2) is 5.16 Å². The molecule has 2 heterocycles. The van der Waals surface area contributed by atoms with E-state index in [9.17, 15) is 14.4 Å². The third kappa shape index (κ3) is 3.98. The van der Waals surface area contributed by atoms with Gasteiger partial charge in [0.1, 0.15) is 10.8 Å². The molecule has 0 aliphatic heterocycles. The monoisotopic (exact) mass is 409 g/mol. The smallest absolute Gasteiger partial charge is 0.341 e. The van der Waals surface area contributed by atoms with E-state index < -0.39 is 11.9 Å². The Morgan fingerprint density at radius 1 is 1.37 bits per heavy atom. The topological polar surface area (TPSA) is 129 Å². The van der Waals surface area contributed by atoms with Gasteiger partial charge in [-0.25, -0.2) is 4.79 Å². The summed E-state index contributed by atoms with van der Waals surface area (Å²) < 4.78 is 6.64. The number of carbonyl (C=O) groups is 3. The molecule has 0 radical (unpaired) electrons. The van der Waals surface area contributed by atoms with Crippen LogP contribution in [0.5, 0.6) is 0 Å². The molecular weight excluding hydrogens is 390 g/mol. The van der Waals surface area contributed by atoms with Gasteiger partial charge < -0.3 is 20.4 Å². The summed E-state index contributed by atoms with van der Waals surface area (Å²) in [5.74, 6) is -0.148. The number of methoxy groups -OCH3 is 1. The molecule has 3 rings (SSSR count). The maximum absolute atomic E-state index is 12.4. The van der Waals surface area contributed by atoms with Crippen molar-refractivity contribution in [3.8, 4) is 0 Å². The highest BCUT2D eigenvalue weighted by Crippen LogP contribution is 2.39. The van der Waals surface area contributed by atoms with E-state index >= 15 is 0 Å². The normalized spacial score (nSPS) is 13.4. The van der Waals surface area contributed by atoms with Crippen molar-refractivity contribution in [2.45, 2.75) is 30.8 Å². The molecule has 9 nitrogen and oxygen atoms in total. The first-order chi connectivity index (χ1) is 12.8. The first-order valence-corrected chi connectivity index (χ1v) is 9.97. The average Bonchev–Trinajstić information content (AvgIpc) is 3.32. The van der Waals surface area contributed by atoms with E-state index in [0.29, 0.717) is 16.6 Å². The molecule has 1 fully saturated rings. The second kappa shape index (κ2) is 7.69. The molecule has 0 spiro atoms. The zero-order chi connectivity index (χ0) is 19.7. The van der Waals surface area contributed by atoms with Crippen LogP contribution in [0.25, 0.3) is 0 Å². The van der Waals surface area contributed by atoms with E-state index in [1.807, 2.05) is 11.6 Å². The van der Waals surface area contributed by atoms with Crippen molar-refractivity contribution in [3.05, 3.63) is 21.8 Å². The van der Waals surface area contributed by atoms with Gasteiger partial charge in [0.05, 0.1) is 23.3 Å². The Morgan fingerprint density at radius 3 is 2.67 bits per heavy atom. The molecule has 144 valence electrons. The summed E-state index contributed by atoms with van der Waals surface area (Å²) in [6, 6.07) is 0. The minimum atomic E-state index is -0.663. The maximum Gasteiger partial charge on any atom is 0.341 e. The number of ether oxygens (including phenoxy) is 1. The predicted molar refractivity (Wildman–Crippen MR) is 101 cm³/mol. The van der Waals surface area contributed by atoms with Gasteiger partial charge in [-0.1, -0.05) is 11.8 Å². The van der Waals surface area contributed by atoms with E-state index in [1.165, 1.54) is 18.9 Å². The van der Waals surface area contributed by atoms with E-state index in [0.717, 1.165) is 30.0 Å². The number of nitrogens with zero attached hydrogens (tertiary/aromatic N) is 3. The lowest BCUT2D eigenvalue weighted by atomic mass is 10.1. The molecule has 2 aromatic rings. The number of carbonyl (C=O) groups excluding carboxylic acids is 3. The lowest BCUT2D eigenvalue weighted by Gasteiger charge is -2.06. The predicted octanol–water partition coefficient (Wildman–Crippen LogP) is 1.68. The summed E-state index contributed by atoms with van der Waals surface area (Å²) in [4.78, 5) is 36.1. The Hall–Kier alpha value is -2.40. The fourth-order valence-electron chi connectivity index (χ4n) is 2.63. The lowest BCUT2D eigenvalue weighted by Crippen LogP contribution is -2.16. The summed E-state index contributed by atoms with van der Waals surface area (Å²) in [6.45, 7) is 1.59. The average molecular weight is 409 g/mol. The second-order valence-corrected chi connectivity index (χ2v) is 8.09. The number of hydrogen-bond acceptors (Lipinski definition) is 8. The van der Waals surface area contributed by atoms with Crippen molar-refractivity contribution in [3.63, 3.8) is 0 Å². The zero-order valence-corrected chi connectivity index (χ0v) is 16.7. The van der Waals surface area contributed by atoms with Crippen LogP contribution in [-0.4, -0.2) is 45.4 Å². The van der Waals surface area contributed by atoms with E-state index in [-0.39, 0.29) is 27.1 Å². The van der Waals surface area contributed by atoms with Crippen LogP contribution in [0.2, 0.25) is 0 Å². The van der Waals surface area contributed by atoms with Crippen LogP contribution in [0.4, 0.5) is 5.00 Å². The van der Waals surface area contributed by atoms with Crippen LogP contribution in [0, 0.1) is 6.92 Å². The number of thiophene rings is 1. The number of nitrogens with two attached hydrogens (primary N) is 1. The number of esters is 1. The van der Waals surface area contributed by atoms with Crippen LogP contribution >= 0.6 is 23.1 Å². The molecule has 0 aromatic carbocycles. The van der Waals surface area contributed by atoms with Gasteiger partial charge in [-0.05, 0) is 25.3 Å². The SMILES string of the molecule is COC(=O)c1c(NC(=O)CSc2nnc(C3CC3)n2C)sc(C(N)=O)c1C. The highest BCUT2D eigenvalue weighted by Gasteiger charge is 2.29. The van der Waals surface area contributed by atoms with Gasteiger partial charge in [0, 0.05) is 13.0 Å².